The molecule has 2 aliphatic rings. The van der Waals surface area contributed by atoms with Crippen LogP contribution in [0.2, 0.25) is 0 Å². The number of aliphatic hydroxyl groups is 1. The maximum atomic E-state index is 11.9. The Bertz CT molecular complexity index is 963. The van der Waals surface area contributed by atoms with Crippen molar-refractivity contribution in [2.45, 2.75) is 49.9 Å². The molecule has 2 heterocycles. The molecule has 1 aliphatic carbocycles. The molecule has 4 rings (SSSR count). The Hall–Kier alpha value is -2.00. The molecule has 1 aromatic carbocycles. The first-order valence-corrected chi connectivity index (χ1v) is 13.2. The van der Waals surface area contributed by atoms with E-state index in [0.717, 1.165) is 30.8 Å². The van der Waals surface area contributed by atoms with Gasteiger partial charge in [-0.2, -0.15) is 0 Å². The van der Waals surface area contributed by atoms with Gasteiger partial charge in [-0.1, -0.05) is 36.4 Å². The summed E-state index contributed by atoms with van der Waals surface area (Å²) < 4.78 is 32.9. The molecule has 7 nitrogen and oxygen atoms in total. The Kier molecular flexibility index (Phi) is 7.14. The largest absolute Gasteiger partial charge is 0.385 e. The molecule has 0 radical (unpaired) electrons. The summed E-state index contributed by atoms with van der Waals surface area (Å²) in [5, 5.41) is 11.1. The van der Waals surface area contributed by atoms with Crippen LogP contribution >= 0.6 is 0 Å². The fourth-order valence-electron chi connectivity index (χ4n) is 4.91. The highest BCUT2D eigenvalue weighted by atomic mass is 32.2. The Balaban J connectivity index is 1.36. The lowest BCUT2D eigenvalue weighted by atomic mass is 9.78. The average molecular weight is 460 g/mol. The molecule has 0 bridgehead atoms. The summed E-state index contributed by atoms with van der Waals surface area (Å²) in [5.41, 5.74) is 0.177. The number of nitrogens with zero attached hydrogens (tertiary/aromatic N) is 2. The van der Waals surface area contributed by atoms with Gasteiger partial charge in [0, 0.05) is 31.2 Å². The first-order chi connectivity index (χ1) is 15.3. The van der Waals surface area contributed by atoms with Crippen LogP contribution in [-0.2, 0) is 20.4 Å². The Labute approximate surface area is 190 Å². The first-order valence-electron chi connectivity index (χ1n) is 11.4. The minimum atomic E-state index is -3.30. The molecular weight excluding hydrogens is 426 g/mol. The topological polar surface area (TPSA) is 91.8 Å². The summed E-state index contributed by atoms with van der Waals surface area (Å²) >= 11 is 0. The molecule has 1 saturated heterocycles. The molecule has 2 aromatic rings. The number of pyridine rings is 1. The van der Waals surface area contributed by atoms with E-state index in [4.69, 9.17) is 4.74 Å². The predicted octanol–water partition coefficient (Wildman–Crippen LogP) is 2.67. The normalized spacial score (nSPS) is 29.1. The lowest BCUT2D eigenvalue weighted by molar-refractivity contribution is -0.0677. The van der Waals surface area contributed by atoms with E-state index in [1.54, 1.807) is 6.20 Å². The van der Waals surface area contributed by atoms with Crippen molar-refractivity contribution >= 4 is 15.8 Å². The highest BCUT2D eigenvalue weighted by molar-refractivity contribution is 7.88. The van der Waals surface area contributed by atoms with E-state index < -0.39 is 15.6 Å². The molecule has 8 heteroatoms. The van der Waals surface area contributed by atoms with Gasteiger partial charge in [-0.05, 0) is 49.8 Å². The summed E-state index contributed by atoms with van der Waals surface area (Å²) in [6.45, 7) is 1.91. The maximum Gasteiger partial charge on any atom is 0.208 e. The van der Waals surface area contributed by atoms with Gasteiger partial charge in [-0.3, -0.25) is 0 Å². The van der Waals surface area contributed by atoms with Gasteiger partial charge in [0.2, 0.25) is 10.0 Å². The minimum absolute atomic E-state index is 0.0235. The van der Waals surface area contributed by atoms with Gasteiger partial charge in [-0.25, -0.2) is 18.1 Å². The third kappa shape index (κ3) is 5.86. The van der Waals surface area contributed by atoms with Crippen molar-refractivity contribution in [3.63, 3.8) is 0 Å². The van der Waals surface area contributed by atoms with Crippen LogP contribution in [0.1, 0.15) is 37.7 Å². The van der Waals surface area contributed by atoms with Crippen molar-refractivity contribution in [1.29, 1.82) is 0 Å². The summed E-state index contributed by atoms with van der Waals surface area (Å²) in [6.07, 6.45) is 6.66. The van der Waals surface area contributed by atoms with Crippen LogP contribution in [0.5, 0.6) is 0 Å². The van der Waals surface area contributed by atoms with E-state index in [2.05, 4.69) is 14.6 Å². The van der Waals surface area contributed by atoms with E-state index in [-0.39, 0.29) is 18.1 Å². The summed E-state index contributed by atoms with van der Waals surface area (Å²) in [7, 11) is -3.30. The van der Waals surface area contributed by atoms with Crippen molar-refractivity contribution in [2.24, 2.45) is 5.92 Å². The number of anilines is 1. The van der Waals surface area contributed by atoms with Gasteiger partial charge >= 0.3 is 0 Å². The SMILES string of the molecule is CS(=O)(=O)N[C@H]1CCN(c2ccccn2)C[C@H]1COC1CCC(O)(c2ccccc2)CC1. The molecule has 0 unspecified atom stereocenters. The van der Waals surface area contributed by atoms with E-state index >= 15 is 0 Å². The zero-order valence-electron chi connectivity index (χ0n) is 18.6. The minimum Gasteiger partial charge on any atom is -0.385 e. The molecule has 1 saturated carbocycles. The van der Waals surface area contributed by atoms with Crippen LogP contribution in [0, 0.1) is 5.92 Å². The van der Waals surface area contributed by atoms with Crippen molar-refractivity contribution in [3.8, 4) is 0 Å². The lowest BCUT2D eigenvalue weighted by Gasteiger charge is -2.41. The van der Waals surface area contributed by atoms with Crippen molar-refractivity contribution in [1.82, 2.24) is 9.71 Å². The number of benzene rings is 1. The number of sulfonamides is 1. The van der Waals surface area contributed by atoms with E-state index in [0.29, 0.717) is 32.4 Å². The third-order valence-electron chi connectivity index (χ3n) is 6.69. The lowest BCUT2D eigenvalue weighted by Crippen LogP contribution is -2.52. The predicted molar refractivity (Wildman–Crippen MR) is 125 cm³/mol. The molecule has 2 atom stereocenters. The van der Waals surface area contributed by atoms with Crippen LogP contribution in [0.3, 0.4) is 0 Å². The van der Waals surface area contributed by atoms with E-state index in [1.165, 1.54) is 6.26 Å². The molecule has 2 N–H and O–H groups in total. The van der Waals surface area contributed by atoms with E-state index in [1.807, 2.05) is 48.5 Å². The first kappa shape index (κ1) is 23.2. The van der Waals surface area contributed by atoms with Gasteiger partial charge in [0.05, 0.1) is 24.6 Å². The highest BCUT2D eigenvalue weighted by Crippen LogP contribution is 2.38. The summed E-state index contributed by atoms with van der Waals surface area (Å²) in [4.78, 5) is 6.65. The van der Waals surface area contributed by atoms with Gasteiger partial charge < -0.3 is 14.7 Å². The second kappa shape index (κ2) is 9.87. The molecule has 1 aromatic heterocycles. The molecule has 2 fully saturated rings. The summed E-state index contributed by atoms with van der Waals surface area (Å²) in [6, 6.07) is 15.5. The van der Waals surface area contributed by atoms with Crippen molar-refractivity contribution < 1.29 is 18.3 Å². The standard InChI is InChI=1S/C24H33N3O4S/c1-32(29,30)26-22-12-16-27(23-9-5-6-15-25-23)17-19(22)18-31-21-10-13-24(28,14-11-21)20-7-3-2-4-8-20/h2-9,15,19,21-22,26,28H,10-14,16-18H2,1H3/t19-,21?,22-,24?/m0/s1. The Morgan fingerprint density at radius 1 is 1.12 bits per heavy atom. The quantitative estimate of drug-likeness (QED) is 0.662. The number of hydrogen-bond donors (Lipinski definition) is 2. The number of hydrogen-bond acceptors (Lipinski definition) is 6. The van der Waals surface area contributed by atoms with Gasteiger partial charge in [-0.15, -0.1) is 0 Å². The van der Waals surface area contributed by atoms with E-state index in [9.17, 15) is 13.5 Å². The number of rotatable bonds is 7. The smallest absolute Gasteiger partial charge is 0.208 e. The fourth-order valence-corrected chi connectivity index (χ4v) is 5.77. The number of aromatic nitrogens is 1. The third-order valence-corrected chi connectivity index (χ3v) is 7.42. The van der Waals surface area contributed by atoms with Gasteiger partial charge in [0.1, 0.15) is 5.82 Å². The molecule has 32 heavy (non-hydrogen) atoms. The van der Waals surface area contributed by atoms with Crippen molar-refractivity contribution in [2.75, 3.05) is 30.9 Å². The molecular formula is C24H33N3O4S. The zero-order chi connectivity index (χ0) is 22.6. The van der Waals surface area contributed by atoms with Crippen LogP contribution in [-0.4, -0.2) is 56.6 Å². The second-order valence-electron chi connectivity index (χ2n) is 9.11. The van der Waals surface area contributed by atoms with Gasteiger partial charge in [0.25, 0.3) is 0 Å². The Morgan fingerprint density at radius 2 is 1.84 bits per heavy atom. The fraction of sp³-hybridized carbons (Fsp3) is 0.542. The molecule has 174 valence electrons. The highest BCUT2D eigenvalue weighted by Gasteiger charge is 2.37. The van der Waals surface area contributed by atoms with Crippen LogP contribution < -0.4 is 9.62 Å². The Morgan fingerprint density at radius 3 is 2.50 bits per heavy atom. The molecule has 1 aliphatic heterocycles. The van der Waals surface area contributed by atoms with Gasteiger partial charge in [0.15, 0.2) is 0 Å². The van der Waals surface area contributed by atoms with Crippen LogP contribution in [0.4, 0.5) is 5.82 Å². The number of piperidine rings is 1. The maximum absolute atomic E-state index is 11.9. The number of ether oxygens (including phenoxy) is 1. The number of nitrogens with one attached hydrogen (secondary N) is 1. The molecule has 0 spiro atoms. The van der Waals surface area contributed by atoms with Crippen molar-refractivity contribution in [3.05, 3.63) is 60.3 Å². The summed E-state index contributed by atoms with van der Waals surface area (Å²) in [5.74, 6) is 0.927. The second-order valence-corrected chi connectivity index (χ2v) is 10.9. The van der Waals surface area contributed by atoms with Crippen LogP contribution in [0.15, 0.2) is 54.7 Å². The van der Waals surface area contributed by atoms with Crippen LogP contribution in [0.25, 0.3) is 0 Å². The average Bonchev–Trinajstić information content (AvgIpc) is 2.80. The molecule has 0 amide bonds. The monoisotopic (exact) mass is 459 g/mol. The zero-order valence-corrected chi connectivity index (χ0v) is 19.4.